The number of halogens is 1. The van der Waals surface area contributed by atoms with Gasteiger partial charge in [-0.1, -0.05) is 24.3 Å². The second kappa shape index (κ2) is 8.78. The van der Waals surface area contributed by atoms with E-state index in [1.54, 1.807) is 10.4 Å². The molecule has 0 radical (unpaired) electrons. The fourth-order valence-corrected chi connectivity index (χ4v) is 6.28. The molecule has 5 rings (SSSR count). The molecule has 0 spiro atoms. The summed E-state index contributed by atoms with van der Waals surface area (Å²) in [4.78, 5) is 16.5. The summed E-state index contributed by atoms with van der Waals surface area (Å²) < 4.78 is 33.1. The zero-order valence-corrected chi connectivity index (χ0v) is 18.8. The van der Waals surface area contributed by atoms with Crippen LogP contribution >= 0.6 is 12.4 Å². The zero-order valence-electron chi connectivity index (χ0n) is 17.1. The molecule has 2 aliphatic rings. The van der Waals surface area contributed by atoms with Crippen molar-refractivity contribution in [2.24, 2.45) is 5.92 Å². The van der Waals surface area contributed by atoms with Crippen molar-refractivity contribution in [1.82, 2.24) is 14.2 Å². The first-order valence-corrected chi connectivity index (χ1v) is 11.9. The lowest BCUT2D eigenvalue weighted by Crippen LogP contribution is -2.44. The third-order valence-corrected chi connectivity index (χ3v) is 8.10. The van der Waals surface area contributed by atoms with Crippen molar-refractivity contribution in [2.45, 2.75) is 30.7 Å². The number of hydrogen-bond donors (Lipinski definition) is 1. The first kappa shape index (κ1) is 22.1. The van der Waals surface area contributed by atoms with Gasteiger partial charge in [-0.15, -0.1) is 12.4 Å². The summed E-state index contributed by atoms with van der Waals surface area (Å²) in [5, 5.41) is 0. The molecule has 0 saturated carbocycles. The number of H-pyrrole nitrogens is 1. The van der Waals surface area contributed by atoms with Gasteiger partial charge in [-0.2, -0.15) is 4.31 Å². The summed E-state index contributed by atoms with van der Waals surface area (Å²) >= 11 is 0. The smallest absolute Gasteiger partial charge is 0.408 e. The van der Waals surface area contributed by atoms with Gasteiger partial charge in [0.1, 0.15) is 0 Å². The minimum Gasteiger partial charge on any atom is -0.408 e. The molecule has 9 heteroatoms. The Morgan fingerprint density at radius 3 is 2.74 bits per heavy atom. The molecule has 1 aromatic heterocycles. The van der Waals surface area contributed by atoms with E-state index in [1.165, 1.54) is 23.3 Å². The maximum Gasteiger partial charge on any atom is 0.417 e. The summed E-state index contributed by atoms with van der Waals surface area (Å²) in [5.74, 6) is -0.270. The average molecular weight is 464 g/mol. The number of nitrogens with zero attached hydrogens (tertiary/aromatic N) is 2. The van der Waals surface area contributed by atoms with Crippen LogP contribution in [0.25, 0.3) is 11.1 Å². The molecule has 1 atom stereocenters. The lowest BCUT2D eigenvalue weighted by Gasteiger charge is -2.36. The van der Waals surface area contributed by atoms with Crippen molar-refractivity contribution in [3.05, 3.63) is 64.1 Å². The van der Waals surface area contributed by atoms with Crippen LogP contribution in [-0.2, 0) is 23.0 Å². The van der Waals surface area contributed by atoms with Gasteiger partial charge < -0.3 is 4.42 Å². The fourth-order valence-electron chi connectivity index (χ4n) is 4.70. The minimum atomic E-state index is -3.63. The normalized spacial score (nSPS) is 20.3. The molecular formula is C22H26ClN3O4S. The highest BCUT2D eigenvalue weighted by Crippen LogP contribution is 2.27. The largest absolute Gasteiger partial charge is 0.417 e. The van der Waals surface area contributed by atoms with Crippen molar-refractivity contribution >= 4 is 33.5 Å². The van der Waals surface area contributed by atoms with E-state index < -0.39 is 15.8 Å². The van der Waals surface area contributed by atoms with Gasteiger partial charge in [-0.3, -0.25) is 9.88 Å². The number of fused-ring (bicyclic) bond motifs is 2. The van der Waals surface area contributed by atoms with Crippen LogP contribution in [0.4, 0.5) is 0 Å². The molecule has 2 aliphatic heterocycles. The van der Waals surface area contributed by atoms with E-state index >= 15 is 0 Å². The van der Waals surface area contributed by atoms with Crippen molar-refractivity contribution in [3.63, 3.8) is 0 Å². The number of benzene rings is 2. The molecule has 0 aliphatic carbocycles. The van der Waals surface area contributed by atoms with Crippen molar-refractivity contribution < 1.29 is 12.8 Å². The van der Waals surface area contributed by atoms with E-state index in [4.69, 9.17) is 4.42 Å². The standard InChI is InChI=1S/C22H25N3O4S.ClH/c26-22-23-20-8-7-19(12-21(20)29-22)30(27,28)25-10-3-4-16(14-25)13-24-11-9-17-5-1-2-6-18(17)15-24;/h1-2,5-8,12,16H,3-4,9-11,13-15H2,(H,23,26);1H. The quantitative estimate of drug-likeness (QED) is 0.642. The van der Waals surface area contributed by atoms with E-state index in [0.29, 0.717) is 24.5 Å². The van der Waals surface area contributed by atoms with Gasteiger partial charge >= 0.3 is 5.76 Å². The molecule has 166 valence electrons. The van der Waals surface area contributed by atoms with Gasteiger partial charge in [-0.25, -0.2) is 13.2 Å². The molecule has 0 bridgehead atoms. The summed E-state index contributed by atoms with van der Waals surface area (Å²) in [6.07, 6.45) is 2.94. The van der Waals surface area contributed by atoms with E-state index in [-0.39, 0.29) is 22.9 Å². The molecule has 3 aromatic rings. The molecule has 0 amide bonds. The van der Waals surface area contributed by atoms with E-state index in [2.05, 4.69) is 34.1 Å². The fraction of sp³-hybridized carbons (Fsp3) is 0.409. The second-order valence-electron chi connectivity index (χ2n) is 8.30. The van der Waals surface area contributed by atoms with Gasteiger partial charge in [0.05, 0.1) is 10.4 Å². The number of sulfonamides is 1. The van der Waals surface area contributed by atoms with Crippen LogP contribution in [0, 0.1) is 5.92 Å². The Hall–Kier alpha value is -2.13. The van der Waals surface area contributed by atoms with E-state index in [9.17, 15) is 13.2 Å². The predicted octanol–water partition coefficient (Wildman–Crippen LogP) is 3.00. The molecule has 3 heterocycles. The van der Waals surface area contributed by atoms with Crippen LogP contribution in [0.1, 0.15) is 24.0 Å². The monoisotopic (exact) mass is 463 g/mol. The summed E-state index contributed by atoms with van der Waals surface area (Å²) in [5.41, 5.74) is 3.57. The average Bonchev–Trinajstić information content (AvgIpc) is 3.13. The maximum absolute atomic E-state index is 13.2. The Morgan fingerprint density at radius 1 is 1.10 bits per heavy atom. The zero-order chi connectivity index (χ0) is 20.7. The van der Waals surface area contributed by atoms with Gasteiger partial charge in [-0.05, 0) is 48.4 Å². The molecule has 1 N–H and O–H groups in total. The van der Waals surface area contributed by atoms with Gasteiger partial charge in [0.15, 0.2) is 5.58 Å². The summed E-state index contributed by atoms with van der Waals surface area (Å²) in [6.45, 7) is 3.91. The Morgan fingerprint density at radius 2 is 1.90 bits per heavy atom. The number of aromatic amines is 1. The van der Waals surface area contributed by atoms with Crippen LogP contribution in [0.15, 0.2) is 56.6 Å². The van der Waals surface area contributed by atoms with Crippen LogP contribution in [0.2, 0.25) is 0 Å². The van der Waals surface area contributed by atoms with Crippen LogP contribution in [0.5, 0.6) is 0 Å². The summed E-state index contributed by atoms with van der Waals surface area (Å²) in [6, 6.07) is 13.1. The predicted molar refractivity (Wildman–Crippen MR) is 121 cm³/mol. The molecule has 1 fully saturated rings. The van der Waals surface area contributed by atoms with E-state index in [1.807, 2.05) is 0 Å². The highest BCUT2D eigenvalue weighted by atomic mass is 35.5. The van der Waals surface area contributed by atoms with Crippen molar-refractivity contribution in [3.8, 4) is 0 Å². The third kappa shape index (κ3) is 4.43. The highest BCUT2D eigenvalue weighted by molar-refractivity contribution is 7.89. The number of hydrogen-bond acceptors (Lipinski definition) is 5. The third-order valence-electron chi connectivity index (χ3n) is 6.24. The Bertz CT molecular complexity index is 1240. The second-order valence-corrected chi connectivity index (χ2v) is 10.2. The SMILES string of the molecule is Cl.O=c1[nH]c2ccc(S(=O)(=O)N3CCCC(CN4CCc5ccccc5C4)C3)cc2o1. The van der Waals surface area contributed by atoms with Crippen LogP contribution < -0.4 is 5.76 Å². The first-order chi connectivity index (χ1) is 14.5. The van der Waals surface area contributed by atoms with Crippen molar-refractivity contribution in [1.29, 1.82) is 0 Å². The Kier molecular flexibility index (Phi) is 6.25. The topological polar surface area (TPSA) is 86.6 Å². The summed E-state index contributed by atoms with van der Waals surface area (Å²) in [7, 11) is -3.63. The number of nitrogens with one attached hydrogen (secondary N) is 1. The molecule has 7 nitrogen and oxygen atoms in total. The number of aromatic nitrogens is 1. The first-order valence-electron chi connectivity index (χ1n) is 10.4. The Balaban J connectivity index is 0.00000231. The van der Waals surface area contributed by atoms with Crippen molar-refractivity contribution in [2.75, 3.05) is 26.2 Å². The number of rotatable bonds is 4. The van der Waals surface area contributed by atoms with Gasteiger partial charge in [0.2, 0.25) is 10.0 Å². The molecule has 1 saturated heterocycles. The minimum absolute atomic E-state index is 0. The number of oxazole rings is 1. The maximum atomic E-state index is 13.2. The Labute approximate surface area is 187 Å². The van der Waals surface area contributed by atoms with Crippen LogP contribution in [0.3, 0.4) is 0 Å². The van der Waals surface area contributed by atoms with E-state index in [0.717, 1.165) is 38.9 Å². The molecular weight excluding hydrogens is 438 g/mol. The van der Waals surface area contributed by atoms with Crippen LogP contribution in [-0.4, -0.2) is 48.8 Å². The highest BCUT2D eigenvalue weighted by Gasteiger charge is 2.32. The molecule has 31 heavy (non-hydrogen) atoms. The lowest BCUT2D eigenvalue weighted by molar-refractivity contribution is 0.167. The van der Waals surface area contributed by atoms with Gasteiger partial charge in [0, 0.05) is 38.8 Å². The molecule has 2 aromatic carbocycles. The molecule has 1 unspecified atom stereocenters. The van der Waals surface area contributed by atoms with Gasteiger partial charge in [0.25, 0.3) is 0 Å². The number of piperidine rings is 1. The lowest BCUT2D eigenvalue weighted by atomic mass is 9.95.